The van der Waals surface area contributed by atoms with Gasteiger partial charge in [-0.2, -0.15) is 0 Å². The summed E-state index contributed by atoms with van der Waals surface area (Å²) >= 11 is 0. The highest BCUT2D eigenvalue weighted by Gasteiger charge is 2.32. The molecule has 0 aliphatic carbocycles. The minimum Gasteiger partial charge on any atom is -0.508 e. The molecule has 230 valence electrons. The summed E-state index contributed by atoms with van der Waals surface area (Å²) in [4.78, 5) is 65.6. The van der Waals surface area contributed by atoms with Crippen molar-refractivity contribution < 1.29 is 39.3 Å². The molecule has 0 saturated carbocycles. The van der Waals surface area contributed by atoms with E-state index in [0.29, 0.717) is 11.1 Å². The van der Waals surface area contributed by atoms with Crippen molar-refractivity contribution in [3.8, 4) is 5.75 Å². The average molecular weight is 596 g/mol. The van der Waals surface area contributed by atoms with Crippen LogP contribution in [0.2, 0.25) is 0 Å². The van der Waals surface area contributed by atoms with Gasteiger partial charge in [-0.15, -0.1) is 0 Å². The number of carbonyl (C=O) groups excluding carboxylic acids is 3. The molecule has 0 aliphatic rings. The third-order valence-corrected chi connectivity index (χ3v) is 6.98. The van der Waals surface area contributed by atoms with Crippen molar-refractivity contribution in [3.05, 3.63) is 65.9 Å². The summed E-state index contributed by atoms with van der Waals surface area (Å²) in [5.74, 6) is -5.03. The molecule has 3 rings (SSSR count). The van der Waals surface area contributed by atoms with E-state index in [9.17, 15) is 34.2 Å². The van der Waals surface area contributed by atoms with Crippen molar-refractivity contribution in [2.75, 3.05) is 0 Å². The number of aliphatic carboxylic acids is 2. The molecule has 13 heteroatoms. The Hall–Kier alpha value is -4.91. The zero-order valence-corrected chi connectivity index (χ0v) is 23.9. The van der Waals surface area contributed by atoms with Crippen LogP contribution in [0.15, 0.2) is 54.7 Å². The molecule has 0 fully saturated rings. The Morgan fingerprint density at radius 3 is 2.12 bits per heavy atom. The monoisotopic (exact) mass is 595 g/mol. The Balaban J connectivity index is 1.80. The van der Waals surface area contributed by atoms with E-state index < -0.39 is 59.7 Å². The van der Waals surface area contributed by atoms with Crippen molar-refractivity contribution in [1.29, 1.82) is 0 Å². The normalized spacial score (nSPS) is 14.0. The lowest BCUT2D eigenvalue weighted by Gasteiger charge is -2.27. The summed E-state index contributed by atoms with van der Waals surface area (Å²) in [5, 5.41) is 37.0. The maximum absolute atomic E-state index is 13.5. The van der Waals surface area contributed by atoms with Gasteiger partial charge in [-0.05, 0) is 41.7 Å². The summed E-state index contributed by atoms with van der Waals surface area (Å²) in [6.45, 7) is 3.34. The van der Waals surface area contributed by atoms with Gasteiger partial charge in [-0.25, -0.2) is 4.79 Å². The van der Waals surface area contributed by atoms with E-state index in [1.54, 1.807) is 32.2 Å². The van der Waals surface area contributed by atoms with Crippen LogP contribution in [0.5, 0.6) is 5.75 Å². The number of para-hydroxylation sites is 1. The molecular formula is C30H37N5O8. The number of nitrogens with one attached hydrogen (secondary N) is 4. The van der Waals surface area contributed by atoms with Crippen LogP contribution in [0, 0.1) is 5.92 Å². The van der Waals surface area contributed by atoms with Crippen LogP contribution in [0.4, 0.5) is 0 Å². The predicted molar refractivity (Wildman–Crippen MR) is 157 cm³/mol. The van der Waals surface area contributed by atoms with Crippen LogP contribution in [-0.4, -0.2) is 74.1 Å². The first-order valence-electron chi connectivity index (χ1n) is 13.8. The number of fused-ring (bicyclic) bond motifs is 1. The minimum absolute atomic E-state index is 0.000258. The van der Waals surface area contributed by atoms with Gasteiger partial charge in [0, 0.05) is 36.4 Å². The van der Waals surface area contributed by atoms with E-state index in [-0.39, 0.29) is 31.4 Å². The van der Waals surface area contributed by atoms with Crippen molar-refractivity contribution in [3.63, 3.8) is 0 Å². The quantitative estimate of drug-likeness (QED) is 0.125. The molecule has 3 amide bonds. The Labute approximate surface area is 247 Å². The van der Waals surface area contributed by atoms with Crippen LogP contribution in [0.1, 0.15) is 37.8 Å². The van der Waals surface area contributed by atoms with Crippen molar-refractivity contribution in [2.45, 2.75) is 63.7 Å². The molecule has 0 bridgehead atoms. The zero-order valence-electron chi connectivity index (χ0n) is 23.9. The fourth-order valence-corrected chi connectivity index (χ4v) is 4.54. The highest BCUT2D eigenvalue weighted by atomic mass is 16.4. The number of hydrogen-bond acceptors (Lipinski definition) is 7. The summed E-state index contributed by atoms with van der Waals surface area (Å²) < 4.78 is 0. The lowest BCUT2D eigenvalue weighted by atomic mass is 9.99. The minimum atomic E-state index is -1.32. The molecule has 4 atom stereocenters. The van der Waals surface area contributed by atoms with E-state index in [1.807, 2.05) is 24.3 Å². The third-order valence-electron chi connectivity index (χ3n) is 6.98. The Bertz CT molecular complexity index is 1450. The number of H-pyrrole nitrogens is 1. The Kier molecular flexibility index (Phi) is 11.2. The molecule has 4 unspecified atom stereocenters. The second-order valence-electron chi connectivity index (χ2n) is 10.7. The number of phenols is 1. The maximum Gasteiger partial charge on any atom is 0.326 e. The number of carboxylic acids is 2. The summed E-state index contributed by atoms with van der Waals surface area (Å²) in [6.07, 6.45) is 1.15. The number of aromatic hydroxyl groups is 1. The van der Waals surface area contributed by atoms with Gasteiger partial charge in [0.25, 0.3) is 0 Å². The van der Waals surface area contributed by atoms with Crippen LogP contribution >= 0.6 is 0 Å². The molecule has 9 N–H and O–H groups in total. The average Bonchev–Trinajstić information content (AvgIpc) is 3.37. The predicted octanol–water partition coefficient (Wildman–Crippen LogP) is 1.05. The number of benzene rings is 2. The first-order chi connectivity index (χ1) is 20.3. The van der Waals surface area contributed by atoms with Crippen LogP contribution in [0.3, 0.4) is 0 Å². The molecule has 0 saturated heterocycles. The van der Waals surface area contributed by atoms with Gasteiger partial charge in [0.05, 0.1) is 6.04 Å². The van der Waals surface area contributed by atoms with Crippen molar-refractivity contribution in [1.82, 2.24) is 20.9 Å². The van der Waals surface area contributed by atoms with Gasteiger partial charge in [0.15, 0.2) is 0 Å². The molecule has 0 spiro atoms. The summed E-state index contributed by atoms with van der Waals surface area (Å²) in [6, 6.07) is 8.44. The fourth-order valence-electron chi connectivity index (χ4n) is 4.54. The van der Waals surface area contributed by atoms with E-state index >= 15 is 0 Å². The van der Waals surface area contributed by atoms with Crippen LogP contribution in [0.25, 0.3) is 10.9 Å². The molecular weight excluding hydrogens is 558 g/mol. The van der Waals surface area contributed by atoms with E-state index in [0.717, 1.165) is 10.9 Å². The number of carbonyl (C=O) groups is 5. The molecule has 1 heterocycles. The highest BCUT2D eigenvalue weighted by molar-refractivity contribution is 5.94. The first kappa shape index (κ1) is 32.6. The largest absolute Gasteiger partial charge is 0.508 e. The number of carboxylic acid groups (broad SMARTS) is 2. The van der Waals surface area contributed by atoms with Crippen LogP contribution < -0.4 is 21.7 Å². The number of aromatic nitrogens is 1. The molecule has 3 aromatic rings. The number of hydrogen-bond donors (Lipinski definition) is 8. The Morgan fingerprint density at radius 2 is 1.49 bits per heavy atom. The summed E-state index contributed by atoms with van der Waals surface area (Å²) in [7, 11) is 0. The highest BCUT2D eigenvalue weighted by Crippen LogP contribution is 2.19. The van der Waals surface area contributed by atoms with Gasteiger partial charge in [0.2, 0.25) is 17.7 Å². The zero-order chi connectivity index (χ0) is 31.7. The van der Waals surface area contributed by atoms with Gasteiger partial charge < -0.3 is 42.0 Å². The van der Waals surface area contributed by atoms with Crippen LogP contribution in [-0.2, 0) is 36.8 Å². The number of rotatable bonds is 15. The van der Waals surface area contributed by atoms with Crippen molar-refractivity contribution in [2.24, 2.45) is 11.7 Å². The molecule has 13 nitrogen and oxygen atoms in total. The topological polar surface area (TPSA) is 224 Å². The molecule has 2 aromatic carbocycles. The lowest BCUT2D eigenvalue weighted by Crippen LogP contribution is -2.59. The van der Waals surface area contributed by atoms with Gasteiger partial charge in [-0.3, -0.25) is 19.2 Å². The third kappa shape index (κ3) is 9.30. The number of nitrogens with two attached hydrogens (primary N) is 1. The fraction of sp³-hybridized carbons (Fsp3) is 0.367. The van der Waals surface area contributed by atoms with E-state index in [2.05, 4.69) is 20.9 Å². The number of phenolic OH excluding ortho intramolecular Hbond substituents is 1. The first-order valence-corrected chi connectivity index (χ1v) is 13.8. The molecule has 43 heavy (non-hydrogen) atoms. The number of aromatic amines is 1. The van der Waals surface area contributed by atoms with E-state index in [1.165, 1.54) is 12.1 Å². The second kappa shape index (κ2) is 14.8. The lowest BCUT2D eigenvalue weighted by molar-refractivity contribution is -0.142. The smallest absolute Gasteiger partial charge is 0.326 e. The SMILES string of the molecule is CC(C)C(NC(=O)C(N)CCC(=O)O)C(=O)NC(Cc1ccc(O)cc1)C(=O)NC(Cc1c[nH]c2ccccc12)C(=O)O. The van der Waals surface area contributed by atoms with Gasteiger partial charge in [-0.1, -0.05) is 44.2 Å². The second-order valence-corrected chi connectivity index (χ2v) is 10.7. The molecule has 0 aliphatic heterocycles. The van der Waals surface area contributed by atoms with Gasteiger partial charge >= 0.3 is 11.9 Å². The maximum atomic E-state index is 13.5. The van der Waals surface area contributed by atoms with Gasteiger partial charge in [0.1, 0.15) is 23.9 Å². The standard InChI is InChI=1S/C30H37N5O8/c1-16(2)26(35-27(39)21(31)11-12-25(37)38)29(41)33-23(13-17-7-9-19(36)10-8-17)28(40)34-24(30(42)43)14-18-15-32-22-6-4-3-5-20(18)22/h3-10,15-16,21,23-24,26,32,36H,11-14,31H2,1-2H3,(H,33,41)(H,34,40)(H,35,39)(H,37,38)(H,42,43). The summed E-state index contributed by atoms with van der Waals surface area (Å²) in [5.41, 5.74) is 7.87. The molecule has 1 aromatic heterocycles. The van der Waals surface area contributed by atoms with Crippen molar-refractivity contribution >= 4 is 40.6 Å². The molecule has 0 radical (unpaired) electrons. The number of amides is 3. The Morgan fingerprint density at radius 1 is 0.837 bits per heavy atom. The van der Waals surface area contributed by atoms with E-state index in [4.69, 9.17) is 10.8 Å².